The number of rotatable bonds is 5. The summed E-state index contributed by atoms with van der Waals surface area (Å²) in [5.41, 5.74) is 8.94. The maximum atomic E-state index is 7.76. The molecule has 0 atom stereocenters. The number of nitrogens with two attached hydrogens (primary N) is 1. The van der Waals surface area contributed by atoms with Crippen LogP contribution in [-0.2, 0) is 0 Å². The first kappa shape index (κ1) is 12.9. The van der Waals surface area contributed by atoms with Gasteiger partial charge in [0, 0.05) is 18.2 Å². The summed E-state index contributed by atoms with van der Waals surface area (Å²) in [6.45, 7) is 7.60. The van der Waals surface area contributed by atoms with E-state index in [2.05, 4.69) is 31.7 Å². The second-order valence-electron chi connectivity index (χ2n) is 5.57. The van der Waals surface area contributed by atoms with Gasteiger partial charge in [-0.1, -0.05) is 12.1 Å². The Balaban J connectivity index is 2.41. The van der Waals surface area contributed by atoms with Gasteiger partial charge in [-0.3, -0.25) is 5.41 Å². The van der Waals surface area contributed by atoms with E-state index in [1.165, 1.54) is 18.4 Å². The van der Waals surface area contributed by atoms with Crippen molar-refractivity contribution in [3.05, 3.63) is 29.3 Å². The van der Waals surface area contributed by atoms with Crippen LogP contribution >= 0.6 is 0 Å². The van der Waals surface area contributed by atoms with E-state index < -0.39 is 0 Å². The van der Waals surface area contributed by atoms with Crippen LogP contribution in [0.2, 0.25) is 0 Å². The minimum atomic E-state index is 0.162. The zero-order valence-corrected chi connectivity index (χ0v) is 11.5. The summed E-state index contributed by atoms with van der Waals surface area (Å²) in [6.07, 6.45) is 2.68. The molecule has 0 radical (unpaired) electrons. The predicted molar refractivity (Wildman–Crippen MR) is 77.4 cm³/mol. The van der Waals surface area contributed by atoms with Crippen molar-refractivity contribution in [2.45, 2.75) is 39.7 Å². The van der Waals surface area contributed by atoms with Gasteiger partial charge in [-0.15, -0.1) is 0 Å². The van der Waals surface area contributed by atoms with Gasteiger partial charge in [-0.05, 0) is 51.2 Å². The van der Waals surface area contributed by atoms with E-state index in [0.717, 1.165) is 23.7 Å². The molecule has 0 saturated heterocycles. The maximum absolute atomic E-state index is 7.76. The van der Waals surface area contributed by atoms with Crippen molar-refractivity contribution in [1.29, 1.82) is 5.41 Å². The lowest BCUT2D eigenvalue weighted by atomic mass is 10.0. The smallest absolute Gasteiger partial charge is 0.124 e. The highest BCUT2D eigenvalue weighted by Crippen LogP contribution is 2.34. The Morgan fingerprint density at radius 2 is 2.11 bits per heavy atom. The molecule has 0 amide bonds. The zero-order valence-electron chi connectivity index (χ0n) is 11.5. The molecule has 1 aliphatic rings. The number of hydrogen-bond donors (Lipinski definition) is 2. The van der Waals surface area contributed by atoms with Crippen LogP contribution in [0.4, 0.5) is 5.69 Å². The van der Waals surface area contributed by atoms with Crippen LogP contribution in [0.3, 0.4) is 0 Å². The second kappa shape index (κ2) is 5.01. The average molecular weight is 245 g/mol. The number of aryl methyl sites for hydroxylation is 1. The van der Waals surface area contributed by atoms with Crippen LogP contribution in [0.1, 0.15) is 37.8 Å². The maximum Gasteiger partial charge on any atom is 0.124 e. The normalized spacial score (nSPS) is 14.9. The van der Waals surface area contributed by atoms with Gasteiger partial charge in [0.15, 0.2) is 0 Å². The molecular weight excluding hydrogens is 222 g/mol. The molecule has 1 fully saturated rings. The highest BCUT2D eigenvalue weighted by molar-refractivity contribution is 6.01. The lowest BCUT2D eigenvalue weighted by Crippen LogP contribution is -2.35. The number of anilines is 1. The monoisotopic (exact) mass is 245 g/mol. The molecule has 0 unspecified atom stereocenters. The Morgan fingerprint density at radius 1 is 1.44 bits per heavy atom. The Bertz CT molecular complexity index is 447. The largest absolute Gasteiger partial charge is 0.384 e. The molecule has 2 rings (SSSR count). The third-order valence-corrected chi connectivity index (χ3v) is 3.59. The second-order valence-corrected chi connectivity index (χ2v) is 5.57. The average Bonchev–Trinajstić information content (AvgIpc) is 3.09. The van der Waals surface area contributed by atoms with Crippen molar-refractivity contribution < 1.29 is 0 Å². The molecule has 0 spiro atoms. The molecule has 3 heteroatoms. The SMILES string of the molecule is Cc1cccc(C(=N)N)c1N(CC1CC1)C(C)C. The molecule has 3 nitrogen and oxygen atoms in total. The molecule has 1 aromatic carbocycles. The fourth-order valence-corrected chi connectivity index (χ4v) is 2.40. The standard InChI is InChI=1S/C15H23N3/c1-10(2)18(9-12-7-8-12)14-11(3)5-4-6-13(14)15(16)17/h4-6,10,12H,7-9H2,1-3H3,(H3,16,17). The van der Waals surface area contributed by atoms with E-state index in [1.807, 2.05) is 12.1 Å². The van der Waals surface area contributed by atoms with Gasteiger partial charge in [0.05, 0.1) is 5.69 Å². The van der Waals surface area contributed by atoms with Gasteiger partial charge in [0.25, 0.3) is 0 Å². The minimum Gasteiger partial charge on any atom is -0.384 e. The first-order valence-electron chi connectivity index (χ1n) is 6.71. The molecule has 0 heterocycles. The summed E-state index contributed by atoms with van der Waals surface area (Å²) < 4.78 is 0. The van der Waals surface area contributed by atoms with Crippen LogP contribution in [0.5, 0.6) is 0 Å². The highest BCUT2D eigenvalue weighted by atomic mass is 15.2. The number of hydrogen-bond acceptors (Lipinski definition) is 2. The molecule has 1 saturated carbocycles. The van der Waals surface area contributed by atoms with Crippen LogP contribution in [-0.4, -0.2) is 18.4 Å². The number of nitrogen functional groups attached to an aromatic ring is 1. The predicted octanol–water partition coefficient (Wildman–Crippen LogP) is 2.90. The minimum absolute atomic E-state index is 0.162. The van der Waals surface area contributed by atoms with Crippen LogP contribution in [0.15, 0.2) is 18.2 Å². The fourth-order valence-electron chi connectivity index (χ4n) is 2.40. The summed E-state index contributed by atoms with van der Waals surface area (Å²) >= 11 is 0. The van der Waals surface area contributed by atoms with Gasteiger partial charge >= 0.3 is 0 Å². The summed E-state index contributed by atoms with van der Waals surface area (Å²) in [5.74, 6) is 0.988. The fraction of sp³-hybridized carbons (Fsp3) is 0.533. The van der Waals surface area contributed by atoms with Gasteiger partial charge in [-0.25, -0.2) is 0 Å². The summed E-state index contributed by atoms with van der Waals surface area (Å²) in [6, 6.07) is 6.46. The van der Waals surface area contributed by atoms with E-state index in [-0.39, 0.29) is 5.84 Å². The van der Waals surface area contributed by atoms with Gasteiger partial charge in [0.1, 0.15) is 5.84 Å². The quantitative estimate of drug-likeness (QED) is 0.619. The summed E-state index contributed by atoms with van der Waals surface area (Å²) in [5, 5.41) is 7.76. The van der Waals surface area contributed by atoms with Crippen LogP contribution < -0.4 is 10.6 Å². The lowest BCUT2D eigenvalue weighted by molar-refractivity contribution is 0.642. The highest BCUT2D eigenvalue weighted by Gasteiger charge is 2.27. The van der Waals surface area contributed by atoms with Crippen molar-refractivity contribution in [1.82, 2.24) is 0 Å². The van der Waals surface area contributed by atoms with Crippen molar-refractivity contribution in [3.63, 3.8) is 0 Å². The molecule has 0 aromatic heterocycles. The van der Waals surface area contributed by atoms with Crippen LogP contribution in [0, 0.1) is 18.3 Å². The Kier molecular flexibility index (Phi) is 3.60. The zero-order chi connectivity index (χ0) is 13.3. The molecule has 3 N–H and O–H groups in total. The Morgan fingerprint density at radius 3 is 2.61 bits per heavy atom. The number of nitrogens with one attached hydrogen (secondary N) is 1. The molecule has 1 aliphatic carbocycles. The molecular formula is C15H23N3. The summed E-state index contributed by atoms with van der Waals surface area (Å²) in [4.78, 5) is 2.41. The Labute approximate surface area is 109 Å². The first-order valence-corrected chi connectivity index (χ1v) is 6.71. The molecule has 0 aliphatic heterocycles. The van der Waals surface area contributed by atoms with E-state index in [4.69, 9.17) is 11.1 Å². The van der Waals surface area contributed by atoms with Crippen molar-refractivity contribution in [2.75, 3.05) is 11.4 Å². The lowest BCUT2D eigenvalue weighted by Gasteiger charge is -2.32. The van der Waals surface area contributed by atoms with Crippen molar-refractivity contribution in [3.8, 4) is 0 Å². The van der Waals surface area contributed by atoms with E-state index in [9.17, 15) is 0 Å². The molecule has 98 valence electrons. The third kappa shape index (κ3) is 2.66. The molecule has 18 heavy (non-hydrogen) atoms. The summed E-state index contributed by atoms with van der Waals surface area (Å²) in [7, 11) is 0. The molecule has 0 bridgehead atoms. The third-order valence-electron chi connectivity index (χ3n) is 3.59. The Hall–Kier alpha value is -1.51. The van der Waals surface area contributed by atoms with Crippen molar-refractivity contribution in [2.24, 2.45) is 11.7 Å². The number of amidine groups is 1. The van der Waals surface area contributed by atoms with E-state index in [0.29, 0.717) is 6.04 Å². The van der Waals surface area contributed by atoms with Gasteiger partial charge in [0.2, 0.25) is 0 Å². The van der Waals surface area contributed by atoms with Gasteiger partial charge < -0.3 is 10.6 Å². The number of para-hydroxylation sites is 1. The van der Waals surface area contributed by atoms with E-state index >= 15 is 0 Å². The molecule has 1 aromatic rings. The number of benzene rings is 1. The van der Waals surface area contributed by atoms with Gasteiger partial charge in [-0.2, -0.15) is 0 Å². The first-order chi connectivity index (χ1) is 8.50. The van der Waals surface area contributed by atoms with E-state index in [1.54, 1.807) is 0 Å². The number of nitrogens with zero attached hydrogens (tertiary/aromatic N) is 1. The topological polar surface area (TPSA) is 53.1 Å². The van der Waals surface area contributed by atoms with Crippen molar-refractivity contribution >= 4 is 11.5 Å². The van der Waals surface area contributed by atoms with Crippen LogP contribution in [0.25, 0.3) is 0 Å².